The van der Waals surface area contributed by atoms with E-state index in [0.29, 0.717) is 4.47 Å². The van der Waals surface area contributed by atoms with Crippen LogP contribution in [-0.2, 0) is 0 Å². The summed E-state index contributed by atoms with van der Waals surface area (Å²) < 4.78 is 10.9. The van der Waals surface area contributed by atoms with Crippen molar-refractivity contribution in [1.82, 2.24) is 0 Å². The van der Waals surface area contributed by atoms with Gasteiger partial charge in [0, 0.05) is 6.07 Å². The molecule has 1 saturated carbocycles. The standard InChI is InChI=1S/C11H9BrClNO5/c1-18-7-4-6(11(13)15)9(14(16)17)10(8(7)12)19-5-2-3-5/h4-5H,2-3H2,1H3. The zero-order chi connectivity index (χ0) is 14.2. The predicted octanol–water partition coefficient (Wildman–Crippen LogP) is 3.29. The van der Waals surface area contributed by atoms with Crippen molar-refractivity contribution in [2.24, 2.45) is 0 Å². The molecule has 0 N–H and O–H groups in total. The van der Waals surface area contributed by atoms with Crippen molar-refractivity contribution in [2.45, 2.75) is 18.9 Å². The highest BCUT2D eigenvalue weighted by atomic mass is 79.9. The number of nitro benzene ring substituents is 1. The Bertz CT molecular complexity index is 559. The normalized spacial score (nSPS) is 14.1. The van der Waals surface area contributed by atoms with Crippen LogP contribution in [-0.4, -0.2) is 23.4 Å². The van der Waals surface area contributed by atoms with Gasteiger partial charge in [0.25, 0.3) is 5.24 Å². The highest BCUT2D eigenvalue weighted by Crippen LogP contribution is 2.46. The topological polar surface area (TPSA) is 78.7 Å². The second kappa shape index (κ2) is 5.34. The molecule has 1 fully saturated rings. The SMILES string of the molecule is COc1cc(C(=O)Cl)c([N+](=O)[O-])c(OC2CC2)c1Br. The van der Waals surface area contributed by atoms with Gasteiger partial charge in [0.2, 0.25) is 5.75 Å². The van der Waals surface area contributed by atoms with Gasteiger partial charge in [0.05, 0.1) is 18.1 Å². The molecule has 2 rings (SSSR count). The predicted molar refractivity (Wildman–Crippen MR) is 71.2 cm³/mol. The molecule has 0 unspecified atom stereocenters. The molecule has 0 spiro atoms. The van der Waals surface area contributed by atoms with Crippen molar-refractivity contribution in [1.29, 1.82) is 0 Å². The highest BCUT2D eigenvalue weighted by Gasteiger charge is 2.34. The van der Waals surface area contributed by atoms with Crippen molar-refractivity contribution < 1.29 is 19.2 Å². The molecule has 0 aromatic heterocycles. The first-order valence-corrected chi connectivity index (χ1v) is 6.54. The van der Waals surface area contributed by atoms with Gasteiger partial charge in [-0.15, -0.1) is 0 Å². The number of hydrogen-bond donors (Lipinski definition) is 0. The Balaban J connectivity index is 2.66. The summed E-state index contributed by atoms with van der Waals surface area (Å²) in [4.78, 5) is 21.8. The smallest absolute Gasteiger partial charge is 0.324 e. The van der Waals surface area contributed by atoms with Gasteiger partial charge in [-0.25, -0.2) is 0 Å². The van der Waals surface area contributed by atoms with Crippen molar-refractivity contribution in [3.05, 3.63) is 26.2 Å². The molecule has 1 aliphatic carbocycles. The van der Waals surface area contributed by atoms with Crippen LogP contribution in [0.1, 0.15) is 23.2 Å². The van der Waals surface area contributed by atoms with Gasteiger partial charge in [-0.2, -0.15) is 0 Å². The molecule has 0 radical (unpaired) electrons. The number of methoxy groups -OCH3 is 1. The van der Waals surface area contributed by atoms with Crippen LogP contribution in [0.4, 0.5) is 5.69 Å². The number of benzene rings is 1. The van der Waals surface area contributed by atoms with E-state index in [1.165, 1.54) is 13.2 Å². The van der Waals surface area contributed by atoms with Crippen LogP contribution in [0.25, 0.3) is 0 Å². The van der Waals surface area contributed by atoms with E-state index in [2.05, 4.69) is 15.9 Å². The first-order valence-electron chi connectivity index (χ1n) is 5.37. The first-order chi connectivity index (χ1) is 8.95. The van der Waals surface area contributed by atoms with Crippen LogP contribution in [0, 0.1) is 10.1 Å². The summed E-state index contributed by atoms with van der Waals surface area (Å²) in [6.45, 7) is 0. The van der Waals surface area contributed by atoms with Crippen molar-refractivity contribution in [2.75, 3.05) is 7.11 Å². The maximum absolute atomic E-state index is 11.3. The quantitative estimate of drug-likeness (QED) is 0.462. The van der Waals surface area contributed by atoms with E-state index in [9.17, 15) is 14.9 Å². The van der Waals surface area contributed by atoms with Crippen molar-refractivity contribution in [3.63, 3.8) is 0 Å². The summed E-state index contributed by atoms with van der Waals surface area (Å²) in [7, 11) is 1.38. The lowest BCUT2D eigenvalue weighted by Crippen LogP contribution is -2.06. The Labute approximate surface area is 121 Å². The summed E-state index contributed by atoms with van der Waals surface area (Å²) >= 11 is 8.58. The van der Waals surface area contributed by atoms with Gasteiger partial charge < -0.3 is 9.47 Å². The van der Waals surface area contributed by atoms with Crippen molar-refractivity contribution >= 4 is 38.5 Å². The van der Waals surface area contributed by atoms with Crippen LogP contribution in [0.5, 0.6) is 11.5 Å². The fraction of sp³-hybridized carbons (Fsp3) is 0.364. The molecule has 0 amide bonds. The molecule has 102 valence electrons. The lowest BCUT2D eigenvalue weighted by molar-refractivity contribution is -0.386. The van der Waals surface area contributed by atoms with Crippen LogP contribution in [0.2, 0.25) is 0 Å². The number of rotatable bonds is 5. The van der Waals surface area contributed by atoms with Crippen molar-refractivity contribution in [3.8, 4) is 11.5 Å². The minimum Gasteiger partial charge on any atom is -0.495 e. The highest BCUT2D eigenvalue weighted by molar-refractivity contribution is 9.10. The lowest BCUT2D eigenvalue weighted by atomic mass is 10.1. The summed E-state index contributed by atoms with van der Waals surface area (Å²) in [5.74, 6) is 0.237. The van der Waals surface area contributed by atoms with E-state index in [-0.39, 0.29) is 23.2 Å². The number of nitrogens with zero attached hydrogens (tertiary/aromatic N) is 1. The van der Waals surface area contributed by atoms with E-state index >= 15 is 0 Å². The molecule has 0 heterocycles. The molecule has 1 aliphatic rings. The molecular formula is C11H9BrClNO5. The summed E-state index contributed by atoms with van der Waals surface area (Å²) in [5, 5.41) is 10.2. The van der Waals surface area contributed by atoms with Gasteiger partial charge in [-0.05, 0) is 40.4 Å². The number of carbonyl (C=O) groups excluding carboxylic acids is 1. The third kappa shape index (κ3) is 2.82. The zero-order valence-electron chi connectivity index (χ0n) is 9.81. The van der Waals surface area contributed by atoms with E-state index in [4.69, 9.17) is 21.1 Å². The molecular weight excluding hydrogens is 341 g/mol. The minimum atomic E-state index is -0.932. The van der Waals surface area contributed by atoms with E-state index in [1.807, 2.05) is 0 Å². The monoisotopic (exact) mass is 349 g/mol. The average Bonchev–Trinajstić information content (AvgIpc) is 3.14. The van der Waals surface area contributed by atoms with Gasteiger partial charge in [-0.1, -0.05) is 0 Å². The maximum Gasteiger partial charge on any atom is 0.324 e. The van der Waals surface area contributed by atoms with Gasteiger partial charge in [0.15, 0.2) is 0 Å². The second-order valence-corrected chi connectivity index (χ2v) is 5.10. The third-order valence-electron chi connectivity index (χ3n) is 2.58. The summed E-state index contributed by atoms with van der Waals surface area (Å²) in [6, 6.07) is 1.22. The van der Waals surface area contributed by atoms with Gasteiger partial charge in [-0.3, -0.25) is 14.9 Å². The molecule has 1 aromatic rings. The Kier molecular flexibility index (Phi) is 3.96. The lowest BCUT2D eigenvalue weighted by Gasteiger charge is -2.12. The molecule has 1 aromatic carbocycles. The largest absolute Gasteiger partial charge is 0.495 e. The Morgan fingerprint density at radius 2 is 2.21 bits per heavy atom. The Hall–Kier alpha value is -1.34. The van der Waals surface area contributed by atoms with Crippen LogP contribution >= 0.6 is 27.5 Å². The first kappa shape index (κ1) is 14.1. The number of carbonyl (C=O) groups is 1. The molecule has 6 nitrogen and oxygen atoms in total. The number of hydrogen-bond acceptors (Lipinski definition) is 5. The van der Waals surface area contributed by atoms with Crippen LogP contribution < -0.4 is 9.47 Å². The Morgan fingerprint density at radius 1 is 1.58 bits per heavy atom. The van der Waals surface area contributed by atoms with Crippen LogP contribution in [0.3, 0.4) is 0 Å². The Morgan fingerprint density at radius 3 is 2.63 bits per heavy atom. The molecule has 0 atom stereocenters. The molecule has 19 heavy (non-hydrogen) atoms. The molecule has 0 bridgehead atoms. The zero-order valence-corrected chi connectivity index (χ0v) is 12.2. The fourth-order valence-corrected chi connectivity index (χ4v) is 2.24. The maximum atomic E-state index is 11.3. The van der Waals surface area contributed by atoms with E-state index in [1.54, 1.807) is 0 Å². The fourth-order valence-electron chi connectivity index (χ4n) is 1.54. The summed E-state index contributed by atoms with van der Waals surface area (Å²) in [6.07, 6.45) is 1.58. The van der Waals surface area contributed by atoms with Crippen LogP contribution in [0.15, 0.2) is 10.5 Å². The number of halogens is 2. The molecule has 0 aliphatic heterocycles. The summed E-state index contributed by atoms with van der Waals surface area (Å²) in [5.41, 5.74) is -0.693. The van der Waals surface area contributed by atoms with Gasteiger partial charge in [0.1, 0.15) is 15.8 Å². The molecule has 8 heteroatoms. The number of ether oxygens (including phenoxy) is 2. The second-order valence-electron chi connectivity index (χ2n) is 3.97. The third-order valence-corrected chi connectivity index (χ3v) is 3.54. The average molecular weight is 351 g/mol. The van der Waals surface area contributed by atoms with Gasteiger partial charge >= 0.3 is 5.69 Å². The molecule has 0 saturated heterocycles. The number of nitro groups is 1. The van der Waals surface area contributed by atoms with E-state index < -0.39 is 15.9 Å². The van der Waals surface area contributed by atoms with E-state index in [0.717, 1.165) is 12.8 Å². The minimum absolute atomic E-state index is 0.0177.